The molecule has 1 nitrogen and oxygen atoms in total. The third kappa shape index (κ3) is 4.27. The summed E-state index contributed by atoms with van der Waals surface area (Å²) < 4.78 is 0. The quantitative estimate of drug-likeness (QED) is 0.795. The van der Waals surface area contributed by atoms with Crippen molar-refractivity contribution in [1.82, 2.24) is 4.98 Å². The number of aryl methyl sites for hydroxylation is 2. The smallest absolute Gasteiger partial charge is 0.131 e. The Bertz CT molecular complexity index is 648. The van der Waals surface area contributed by atoms with Gasteiger partial charge in [-0.1, -0.05) is 56.1 Å². The van der Waals surface area contributed by atoms with Crippen LogP contribution >= 0.6 is 0 Å². The molecule has 1 fully saturated rings. The Labute approximate surface area is 179 Å². The summed E-state index contributed by atoms with van der Waals surface area (Å²) in [6, 6.07) is 5.86. The number of allylic oxidation sites excluding steroid dienone is 1. The minimum absolute atomic E-state index is 0. The zero-order valence-corrected chi connectivity index (χ0v) is 18.0. The average molecular weight is 339 g/mol. The van der Waals surface area contributed by atoms with Gasteiger partial charge in [0.05, 0.1) is 0 Å². The first kappa shape index (κ1) is 21.6. The molecule has 1 atom stereocenters. The maximum absolute atomic E-state index is 4.17. The van der Waals surface area contributed by atoms with Gasteiger partial charge in [0.25, 0.3) is 0 Å². The molecule has 1 unspecified atom stereocenters. The largest absolute Gasteiger partial charge is 0.334 e. The van der Waals surface area contributed by atoms with Crippen LogP contribution in [-0.2, 0) is 12.8 Å². The molecule has 0 amide bonds. The van der Waals surface area contributed by atoms with E-state index < -0.39 is 8.24 Å². The maximum atomic E-state index is 4.17. The van der Waals surface area contributed by atoms with Crippen molar-refractivity contribution < 1.29 is 0 Å². The van der Waals surface area contributed by atoms with Gasteiger partial charge in [0.2, 0.25) is 0 Å². The number of benzene rings is 1. The van der Waals surface area contributed by atoms with Gasteiger partial charge in [0.15, 0.2) is 0 Å². The molecule has 0 aromatic heterocycles. The summed E-state index contributed by atoms with van der Waals surface area (Å²) in [6.07, 6.45) is 13.5. The van der Waals surface area contributed by atoms with Crippen LogP contribution in [0.4, 0.5) is 0 Å². The first-order chi connectivity index (χ1) is 11.0. The van der Waals surface area contributed by atoms with Crippen LogP contribution in [0, 0.1) is 0 Å². The number of hydrogen-bond donors (Lipinski definition) is 1. The van der Waals surface area contributed by atoms with E-state index in [-0.39, 0.29) is 37.7 Å². The standard InChI is InChI=1S/C21H31NSi.2Li/c1-15-12-18-13-16-8-7-9-17(16)14-20(18)21(15)23(2,3)22-19-10-5-4-6-11-19;;/h12-14,19,21-22H,4-11H2,1-3H3;;. The molecule has 1 N–H and O–H groups in total. The molecular weight excluding hydrogens is 308 g/mol. The molecule has 0 saturated heterocycles. The van der Waals surface area contributed by atoms with Crippen LogP contribution in [0.25, 0.3) is 6.08 Å². The minimum Gasteiger partial charge on any atom is -0.334 e. The molecule has 4 rings (SSSR count). The van der Waals surface area contributed by atoms with Gasteiger partial charge in [0.1, 0.15) is 8.24 Å². The van der Waals surface area contributed by atoms with Crippen LogP contribution in [0.15, 0.2) is 17.7 Å². The van der Waals surface area contributed by atoms with Crippen molar-refractivity contribution in [3.8, 4) is 0 Å². The van der Waals surface area contributed by atoms with E-state index in [1.165, 1.54) is 56.9 Å². The second-order valence-electron chi connectivity index (χ2n) is 8.63. The van der Waals surface area contributed by atoms with Gasteiger partial charge in [0, 0.05) is 49.3 Å². The predicted octanol–water partition coefficient (Wildman–Crippen LogP) is 4.58. The fraction of sp³-hybridized carbons (Fsp3) is 0.619. The van der Waals surface area contributed by atoms with E-state index in [0.717, 1.165) is 6.04 Å². The fourth-order valence-corrected chi connectivity index (χ4v) is 9.18. The summed E-state index contributed by atoms with van der Waals surface area (Å²) in [4.78, 5) is 4.17. The second kappa shape index (κ2) is 8.56. The Kier molecular flexibility index (Phi) is 7.41. The van der Waals surface area contributed by atoms with Gasteiger partial charge in [-0.15, -0.1) is 0 Å². The zero-order chi connectivity index (χ0) is 16.0. The molecule has 0 heterocycles. The number of rotatable bonds is 3. The monoisotopic (exact) mass is 339 g/mol. The van der Waals surface area contributed by atoms with Crippen molar-refractivity contribution in [2.45, 2.75) is 83.0 Å². The zero-order valence-electron chi connectivity index (χ0n) is 17.0. The molecule has 25 heavy (non-hydrogen) atoms. The van der Waals surface area contributed by atoms with Crippen molar-refractivity contribution in [2.75, 3.05) is 0 Å². The summed E-state index contributed by atoms with van der Waals surface area (Å²) >= 11 is 0. The van der Waals surface area contributed by atoms with Crippen molar-refractivity contribution in [3.05, 3.63) is 40.0 Å². The van der Waals surface area contributed by atoms with Crippen LogP contribution in [0.3, 0.4) is 0 Å². The van der Waals surface area contributed by atoms with E-state index in [0.29, 0.717) is 5.54 Å². The molecular formula is C21H31Li2NSi. The molecule has 1 aromatic carbocycles. The number of hydrogen-bond acceptors (Lipinski definition) is 1. The molecule has 126 valence electrons. The first-order valence-electron chi connectivity index (χ1n) is 9.66. The predicted molar refractivity (Wildman–Crippen MR) is 114 cm³/mol. The topological polar surface area (TPSA) is 12.0 Å². The Morgan fingerprint density at radius 3 is 2.24 bits per heavy atom. The number of fused-ring (bicyclic) bond motifs is 2. The second-order valence-corrected chi connectivity index (χ2v) is 12.9. The molecule has 4 heteroatoms. The molecule has 1 aromatic rings. The van der Waals surface area contributed by atoms with Gasteiger partial charge in [-0.3, -0.25) is 0 Å². The van der Waals surface area contributed by atoms with Crippen molar-refractivity contribution in [1.29, 1.82) is 0 Å². The maximum Gasteiger partial charge on any atom is 0.131 e. The Morgan fingerprint density at radius 1 is 0.920 bits per heavy atom. The third-order valence-electron chi connectivity index (χ3n) is 6.35. The van der Waals surface area contributed by atoms with Gasteiger partial charge in [-0.05, 0) is 61.3 Å². The molecule has 0 bridgehead atoms. The summed E-state index contributed by atoms with van der Waals surface area (Å²) in [5.41, 5.74) is 8.70. The van der Waals surface area contributed by atoms with E-state index >= 15 is 0 Å². The Morgan fingerprint density at radius 2 is 1.56 bits per heavy atom. The van der Waals surface area contributed by atoms with Crippen LogP contribution in [0.1, 0.15) is 73.2 Å². The van der Waals surface area contributed by atoms with Crippen LogP contribution in [0.2, 0.25) is 13.1 Å². The van der Waals surface area contributed by atoms with Crippen molar-refractivity contribution in [3.63, 3.8) is 0 Å². The van der Waals surface area contributed by atoms with Gasteiger partial charge in [-0.25, -0.2) is 0 Å². The molecule has 1 saturated carbocycles. The Hall–Kier alpha value is 0.332. The SMILES string of the molecule is CC1=Cc2cc3c(cc2C1[Si](C)(C)NC1CCCCC1)CCC3.[Li].[Li]. The third-order valence-corrected chi connectivity index (χ3v) is 9.71. The molecule has 0 spiro atoms. The Balaban J connectivity index is 0.00000113. The summed E-state index contributed by atoms with van der Waals surface area (Å²) in [5, 5.41) is 0. The minimum atomic E-state index is -1.52. The molecule has 0 aliphatic heterocycles. The number of nitrogens with one attached hydrogen (secondary N) is 1. The molecule has 3 aliphatic rings. The summed E-state index contributed by atoms with van der Waals surface area (Å²) in [7, 11) is -1.52. The molecule has 2 radical (unpaired) electrons. The normalized spacial score (nSPS) is 22.5. The van der Waals surface area contributed by atoms with E-state index in [4.69, 9.17) is 0 Å². The van der Waals surface area contributed by atoms with E-state index in [1.807, 2.05) is 0 Å². The molecule has 3 aliphatic carbocycles. The van der Waals surface area contributed by atoms with Gasteiger partial charge < -0.3 is 4.98 Å². The van der Waals surface area contributed by atoms with Crippen LogP contribution < -0.4 is 4.98 Å². The summed E-state index contributed by atoms with van der Waals surface area (Å²) in [6.45, 7) is 7.49. The van der Waals surface area contributed by atoms with Crippen LogP contribution in [0.5, 0.6) is 0 Å². The first-order valence-corrected chi connectivity index (χ1v) is 12.7. The van der Waals surface area contributed by atoms with E-state index in [1.54, 1.807) is 22.3 Å². The summed E-state index contributed by atoms with van der Waals surface area (Å²) in [5.74, 6) is 0. The van der Waals surface area contributed by atoms with Crippen molar-refractivity contribution >= 4 is 52.0 Å². The van der Waals surface area contributed by atoms with E-state index in [2.05, 4.69) is 43.2 Å². The van der Waals surface area contributed by atoms with Crippen LogP contribution in [-0.4, -0.2) is 52.0 Å². The fourth-order valence-electron chi connectivity index (χ4n) is 5.43. The van der Waals surface area contributed by atoms with Crippen molar-refractivity contribution in [2.24, 2.45) is 0 Å². The van der Waals surface area contributed by atoms with E-state index in [9.17, 15) is 0 Å². The average Bonchev–Trinajstić information content (AvgIpc) is 3.07. The van der Waals surface area contributed by atoms with Gasteiger partial charge >= 0.3 is 0 Å². The van der Waals surface area contributed by atoms with Gasteiger partial charge in [-0.2, -0.15) is 0 Å².